The molecule has 0 fully saturated rings. The Morgan fingerprint density at radius 1 is 1.10 bits per heavy atom. The fourth-order valence-corrected chi connectivity index (χ4v) is 4.83. The molecule has 0 bridgehead atoms. The highest BCUT2D eigenvalue weighted by Crippen LogP contribution is 2.29. The molecule has 0 amide bonds. The van der Waals surface area contributed by atoms with Crippen LogP contribution in [0.15, 0.2) is 63.5 Å². The Bertz CT molecular complexity index is 1110. The van der Waals surface area contributed by atoms with Gasteiger partial charge in [-0.25, -0.2) is 4.98 Å². The molecule has 0 radical (unpaired) electrons. The van der Waals surface area contributed by atoms with E-state index in [1.807, 2.05) is 35.9 Å². The average Bonchev–Trinajstić information content (AvgIpc) is 3.33. The van der Waals surface area contributed by atoms with Crippen molar-refractivity contribution in [1.82, 2.24) is 19.7 Å². The van der Waals surface area contributed by atoms with Gasteiger partial charge >= 0.3 is 0 Å². The van der Waals surface area contributed by atoms with Crippen molar-refractivity contribution < 1.29 is 4.74 Å². The molecule has 0 N–H and O–H groups in total. The summed E-state index contributed by atoms with van der Waals surface area (Å²) in [7, 11) is 1.96. The van der Waals surface area contributed by atoms with Gasteiger partial charge in [0.1, 0.15) is 17.4 Å². The number of thiazole rings is 1. The lowest BCUT2D eigenvalue weighted by molar-refractivity contribution is 0.290. The van der Waals surface area contributed by atoms with Crippen molar-refractivity contribution in [3.8, 4) is 16.3 Å². The zero-order valence-electron chi connectivity index (χ0n) is 16.0. The molecule has 5 nitrogen and oxygen atoms in total. The van der Waals surface area contributed by atoms with E-state index in [-0.39, 0.29) is 0 Å². The minimum Gasteiger partial charge on any atom is -0.486 e. The first-order valence-corrected chi connectivity index (χ1v) is 11.7. The van der Waals surface area contributed by atoms with Crippen LogP contribution in [0.1, 0.15) is 17.1 Å². The molecule has 29 heavy (non-hydrogen) atoms. The number of thioether (sulfide) groups is 1. The second-order valence-electron chi connectivity index (χ2n) is 6.45. The lowest BCUT2D eigenvalue weighted by atomic mass is 10.1. The molecule has 8 heteroatoms. The number of aromatic nitrogens is 4. The predicted molar refractivity (Wildman–Crippen MR) is 121 cm³/mol. The van der Waals surface area contributed by atoms with Crippen molar-refractivity contribution in [2.45, 2.75) is 24.4 Å². The van der Waals surface area contributed by atoms with Crippen LogP contribution in [0, 0.1) is 6.92 Å². The van der Waals surface area contributed by atoms with Crippen molar-refractivity contribution in [1.29, 1.82) is 0 Å². The first-order valence-electron chi connectivity index (χ1n) is 9.00. The smallest absolute Gasteiger partial charge is 0.191 e. The maximum Gasteiger partial charge on any atom is 0.191 e. The largest absolute Gasteiger partial charge is 0.486 e. The topological polar surface area (TPSA) is 52.8 Å². The van der Waals surface area contributed by atoms with Gasteiger partial charge in [-0.2, -0.15) is 0 Å². The molecule has 0 aliphatic carbocycles. The highest BCUT2D eigenvalue weighted by atomic mass is 79.9. The third-order valence-electron chi connectivity index (χ3n) is 4.38. The third-order valence-corrected chi connectivity index (χ3v) is 6.89. The van der Waals surface area contributed by atoms with Gasteiger partial charge < -0.3 is 9.30 Å². The first-order chi connectivity index (χ1) is 14.1. The van der Waals surface area contributed by atoms with Crippen LogP contribution in [0.2, 0.25) is 0 Å². The van der Waals surface area contributed by atoms with Gasteiger partial charge in [-0.1, -0.05) is 52.0 Å². The Labute approximate surface area is 186 Å². The molecule has 0 aliphatic rings. The Hall–Kier alpha value is -2.16. The number of hydrogen-bond acceptors (Lipinski definition) is 6. The maximum absolute atomic E-state index is 5.80. The second-order valence-corrected chi connectivity index (χ2v) is 9.16. The summed E-state index contributed by atoms with van der Waals surface area (Å²) < 4.78 is 8.80. The summed E-state index contributed by atoms with van der Waals surface area (Å²) in [5, 5.41) is 12.6. The monoisotopic (exact) mass is 486 g/mol. The van der Waals surface area contributed by atoms with Crippen LogP contribution in [-0.2, 0) is 19.4 Å². The SMILES string of the molecule is Cc1ccccc1-c1nc(CSc2nnc(COc3ccc(Br)cc3)n2C)cs1. The molecule has 2 heterocycles. The van der Waals surface area contributed by atoms with Crippen LogP contribution in [0.3, 0.4) is 0 Å². The number of ether oxygens (including phenoxy) is 1. The van der Waals surface area contributed by atoms with Crippen molar-refractivity contribution in [3.63, 3.8) is 0 Å². The maximum atomic E-state index is 5.80. The van der Waals surface area contributed by atoms with E-state index < -0.39 is 0 Å². The molecular weight excluding hydrogens is 468 g/mol. The van der Waals surface area contributed by atoms with Gasteiger partial charge in [-0.3, -0.25) is 0 Å². The number of halogens is 1. The van der Waals surface area contributed by atoms with Crippen LogP contribution in [0.25, 0.3) is 10.6 Å². The van der Waals surface area contributed by atoms with Gasteiger partial charge in [0.15, 0.2) is 11.0 Å². The summed E-state index contributed by atoms with van der Waals surface area (Å²) in [6.45, 7) is 2.49. The Balaban J connectivity index is 1.37. The summed E-state index contributed by atoms with van der Waals surface area (Å²) in [4.78, 5) is 4.79. The summed E-state index contributed by atoms with van der Waals surface area (Å²) in [6, 6.07) is 16.1. The fourth-order valence-electron chi connectivity index (χ4n) is 2.72. The van der Waals surface area contributed by atoms with E-state index in [4.69, 9.17) is 9.72 Å². The van der Waals surface area contributed by atoms with Crippen LogP contribution in [0.4, 0.5) is 0 Å². The molecule has 0 unspecified atom stereocenters. The van der Waals surface area contributed by atoms with Crippen LogP contribution in [0.5, 0.6) is 5.75 Å². The van der Waals surface area contributed by atoms with Gasteiger partial charge in [0.2, 0.25) is 0 Å². The minimum atomic E-state index is 0.375. The molecule has 148 valence electrons. The summed E-state index contributed by atoms with van der Waals surface area (Å²) in [5.41, 5.74) is 3.48. The highest BCUT2D eigenvalue weighted by Gasteiger charge is 2.12. The fraction of sp³-hybridized carbons (Fsp3) is 0.190. The van der Waals surface area contributed by atoms with Gasteiger partial charge in [0, 0.05) is 28.2 Å². The number of aryl methyl sites for hydroxylation is 1. The van der Waals surface area contributed by atoms with E-state index in [0.29, 0.717) is 6.61 Å². The van der Waals surface area contributed by atoms with Crippen LogP contribution < -0.4 is 4.74 Å². The Morgan fingerprint density at radius 2 is 1.90 bits per heavy atom. The van der Waals surface area contributed by atoms with E-state index in [2.05, 4.69) is 62.7 Å². The standard InChI is InChI=1S/C21H19BrN4OS2/c1-14-5-3-4-6-18(14)20-23-16(12-28-20)13-29-21-25-24-19(26(21)2)11-27-17-9-7-15(22)8-10-17/h3-10,12H,11,13H2,1-2H3. The van der Waals surface area contributed by atoms with Gasteiger partial charge in [0.05, 0.1) is 5.69 Å². The average molecular weight is 487 g/mol. The number of rotatable bonds is 7. The predicted octanol–water partition coefficient (Wildman–Crippen LogP) is 5.88. The van der Waals surface area contributed by atoms with Crippen LogP contribution >= 0.6 is 39.0 Å². The van der Waals surface area contributed by atoms with Crippen molar-refractivity contribution in [3.05, 3.63) is 75.5 Å². The van der Waals surface area contributed by atoms with E-state index >= 15 is 0 Å². The molecule has 0 saturated carbocycles. The zero-order chi connectivity index (χ0) is 20.2. The highest BCUT2D eigenvalue weighted by molar-refractivity contribution is 9.10. The van der Waals surface area contributed by atoms with E-state index in [0.717, 1.165) is 37.7 Å². The number of benzene rings is 2. The number of hydrogen-bond donors (Lipinski definition) is 0. The molecule has 0 atom stereocenters. The molecule has 2 aromatic heterocycles. The van der Waals surface area contributed by atoms with Crippen molar-refractivity contribution in [2.75, 3.05) is 0 Å². The molecule has 0 saturated heterocycles. The molecular formula is C21H19BrN4OS2. The molecule has 0 aliphatic heterocycles. The molecule has 2 aromatic carbocycles. The van der Waals surface area contributed by atoms with E-state index in [1.54, 1.807) is 23.1 Å². The van der Waals surface area contributed by atoms with Gasteiger partial charge in [-0.15, -0.1) is 21.5 Å². The molecule has 0 spiro atoms. The molecule has 4 rings (SSSR count). The van der Waals surface area contributed by atoms with Gasteiger partial charge in [-0.05, 0) is 36.8 Å². The third kappa shape index (κ3) is 4.88. The van der Waals surface area contributed by atoms with Crippen LogP contribution in [-0.4, -0.2) is 19.7 Å². The summed E-state index contributed by atoms with van der Waals surface area (Å²) >= 11 is 6.73. The minimum absolute atomic E-state index is 0.375. The van der Waals surface area contributed by atoms with E-state index in [9.17, 15) is 0 Å². The van der Waals surface area contributed by atoms with Crippen molar-refractivity contribution in [2.24, 2.45) is 7.05 Å². The second kappa shape index (κ2) is 9.11. The summed E-state index contributed by atoms with van der Waals surface area (Å²) in [6.07, 6.45) is 0. The zero-order valence-corrected chi connectivity index (χ0v) is 19.2. The lowest BCUT2D eigenvalue weighted by Gasteiger charge is -2.06. The quantitative estimate of drug-likeness (QED) is 0.305. The first kappa shape index (κ1) is 20.1. The Kier molecular flexibility index (Phi) is 6.32. The van der Waals surface area contributed by atoms with Crippen molar-refractivity contribution >= 4 is 39.0 Å². The lowest BCUT2D eigenvalue weighted by Crippen LogP contribution is -2.04. The number of nitrogens with zero attached hydrogens (tertiary/aromatic N) is 4. The summed E-state index contributed by atoms with van der Waals surface area (Å²) in [5.74, 6) is 2.34. The van der Waals surface area contributed by atoms with Gasteiger partial charge in [0.25, 0.3) is 0 Å². The Morgan fingerprint density at radius 3 is 2.69 bits per heavy atom. The van der Waals surface area contributed by atoms with E-state index in [1.165, 1.54) is 11.1 Å². The normalized spacial score (nSPS) is 11.0. The molecule has 4 aromatic rings.